The molecule has 1 amide bonds. The van der Waals surface area contributed by atoms with Crippen molar-refractivity contribution in [3.8, 4) is 0 Å². The van der Waals surface area contributed by atoms with Crippen molar-refractivity contribution in [3.05, 3.63) is 18.5 Å². The molecule has 2 atom stereocenters. The molecule has 1 heterocycles. The van der Waals surface area contributed by atoms with Gasteiger partial charge in [0.15, 0.2) is 0 Å². The maximum Gasteiger partial charge on any atom is 0.229 e. The van der Waals surface area contributed by atoms with Crippen LogP contribution in [0, 0.1) is 5.92 Å². The molecular weight excluding hydrogens is 216 g/mol. The molecule has 0 fully saturated rings. The fourth-order valence-electron chi connectivity index (χ4n) is 1.47. The van der Waals surface area contributed by atoms with Crippen LogP contribution in [0.5, 0.6) is 0 Å². The standard InChI is InChI=1S/C12H20N4O/c1-9(5-3-6-10(2)13)11(17)16-12-14-7-4-8-15-12/h4,7-10H,3,5-6,13H2,1-2H3,(H,14,15,16,17). The van der Waals surface area contributed by atoms with Gasteiger partial charge in [-0.05, 0) is 25.8 Å². The molecule has 0 spiro atoms. The molecule has 1 rings (SSSR count). The Morgan fingerprint density at radius 3 is 2.59 bits per heavy atom. The molecule has 0 aliphatic rings. The van der Waals surface area contributed by atoms with Gasteiger partial charge in [-0.3, -0.25) is 10.1 Å². The van der Waals surface area contributed by atoms with Gasteiger partial charge in [-0.2, -0.15) is 0 Å². The van der Waals surface area contributed by atoms with Crippen LogP contribution in [0.3, 0.4) is 0 Å². The molecule has 94 valence electrons. The summed E-state index contributed by atoms with van der Waals surface area (Å²) in [6.45, 7) is 3.88. The highest BCUT2D eigenvalue weighted by atomic mass is 16.2. The van der Waals surface area contributed by atoms with Crippen molar-refractivity contribution in [2.75, 3.05) is 5.32 Å². The summed E-state index contributed by atoms with van der Waals surface area (Å²) in [5.74, 6) is 0.273. The number of nitrogens with one attached hydrogen (secondary N) is 1. The molecule has 0 saturated carbocycles. The lowest BCUT2D eigenvalue weighted by atomic mass is 10.0. The van der Waals surface area contributed by atoms with E-state index in [0.717, 1.165) is 19.3 Å². The van der Waals surface area contributed by atoms with Crippen molar-refractivity contribution < 1.29 is 4.79 Å². The molecule has 1 aromatic rings. The minimum absolute atomic E-state index is 0.0409. The van der Waals surface area contributed by atoms with Gasteiger partial charge in [-0.15, -0.1) is 0 Å². The number of nitrogens with zero attached hydrogens (tertiary/aromatic N) is 2. The van der Waals surface area contributed by atoms with Crippen LogP contribution >= 0.6 is 0 Å². The first-order valence-corrected chi connectivity index (χ1v) is 5.93. The lowest BCUT2D eigenvalue weighted by molar-refractivity contribution is -0.119. The van der Waals surface area contributed by atoms with Crippen LogP contribution in [-0.4, -0.2) is 21.9 Å². The maximum absolute atomic E-state index is 11.8. The Balaban J connectivity index is 2.32. The van der Waals surface area contributed by atoms with Crippen molar-refractivity contribution in [2.24, 2.45) is 11.7 Å². The first-order valence-electron chi connectivity index (χ1n) is 5.93. The van der Waals surface area contributed by atoms with Crippen LogP contribution in [0.25, 0.3) is 0 Å². The second-order valence-electron chi connectivity index (χ2n) is 4.37. The molecule has 0 aliphatic heterocycles. The first kappa shape index (κ1) is 13.6. The second-order valence-corrected chi connectivity index (χ2v) is 4.37. The van der Waals surface area contributed by atoms with E-state index in [1.807, 2.05) is 13.8 Å². The summed E-state index contributed by atoms with van der Waals surface area (Å²) in [5, 5.41) is 2.69. The number of hydrogen-bond donors (Lipinski definition) is 2. The van der Waals surface area contributed by atoms with Gasteiger partial charge >= 0.3 is 0 Å². The van der Waals surface area contributed by atoms with Crippen LogP contribution in [0.4, 0.5) is 5.95 Å². The molecule has 0 aromatic carbocycles. The number of nitrogens with two attached hydrogens (primary N) is 1. The van der Waals surface area contributed by atoms with E-state index in [1.54, 1.807) is 18.5 Å². The van der Waals surface area contributed by atoms with Crippen LogP contribution in [0.1, 0.15) is 33.1 Å². The Hall–Kier alpha value is -1.49. The van der Waals surface area contributed by atoms with Gasteiger partial charge in [0, 0.05) is 24.4 Å². The van der Waals surface area contributed by atoms with Gasteiger partial charge in [0.2, 0.25) is 11.9 Å². The van der Waals surface area contributed by atoms with Crippen LogP contribution < -0.4 is 11.1 Å². The monoisotopic (exact) mass is 236 g/mol. The van der Waals surface area contributed by atoms with Crippen molar-refractivity contribution in [2.45, 2.75) is 39.2 Å². The fraction of sp³-hybridized carbons (Fsp3) is 0.583. The van der Waals surface area contributed by atoms with Gasteiger partial charge in [-0.25, -0.2) is 9.97 Å². The molecule has 0 radical (unpaired) electrons. The minimum Gasteiger partial charge on any atom is -0.328 e. The smallest absolute Gasteiger partial charge is 0.229 e. The van der Waals surface area contributed by atoms with E-state index in [4.69, 9.17) is 5.73 Å². The van der Waals surface area contributed by atoms with Gasteiger partial charge in [0.25, 0.3) is 0 Å². The summed E-state index contributed by atoms with van der Waals surface area (Å²) in [5.41, 5.74) is 5.66. The highest BCUT2D eigenvalue weighted by molar-refractivity contribution is 5.90. The van der Waals surface area contributed by atoms with Crippen molar-refractivity contribution in [1.29, 1.82) is 0 Å². The van der Waals surface area contributed by atoms with E-state index < -0.39 is 0 Å². The molecule has 1 aromatic heterocycles. The average molecular weight is 236 g/mol. The third-order valence-corrected chi connectivity index (χ3v) is 2.54. The van der Waals surface area contributed by atoms with Crippen molar-refractivity contribution in [1.82, 2.24) is 9.97 Å². The molecule has 0 saturated heterocycles. The summed E-state index contributed by atoms with van der Waals surface area (Å²) in [6, 6.07) is 1.91. The van der Waals surface area contributed by atoms with E-state index in [2.05, 4.69) is 15.3 Å². The highest BCUT2D eigenvalue weighted by Crippen LogP contribution is 2.10. The number of aromatic nitrogens is 2. The summed E-state index contributed by atoms with van der Waals surface area (Å²) in [4.78, 5) is 19.7. The molecular formula is C12H20N4O. The number of rotatable bonds is 6. The predicted molar refractivity (Wildman–Crippen MR) is 67.3 cm³/mol. The second kappa shape index (κ2) is 6.96. The zero-order valence-electron chi connectivity index (χ0n) is 10.4. The normalized spacial score (nSPS) is 14.1. The Morgan fingerprint density at radius 1 is 1.35 bits per heavy atom. The van der Waals surface area contributed by atoms with Crippen molar-refractivity contribution in [3.63, 3.8) is 0 Å². The Morgan fingerprint density at radius 2 is 2.00 bits per heavy atom. The van der Waals surface area contributed by atoms with E-state index in [0.29, 0.717) is 5.95 Å². The summed E-state index contributed by atoms with van der Waals surface area (Å²) in [7, 11) is 0. The molecule has 5 heteroatoms. The Labute approximate surface area is 102 Å². The van der Waals surface area contributed by atoms with E-state index in [1.165, 1.54) is 0 Å². The average Bonchev–Trinajstić information content (AvgIpc) is 2.29. The highest BCUT2D eigenvalue weighted by Gasteiger charge is 2.13. The van der Waals surface area contributed by atoms with E-state index in [9.17, 15) is 4.79 Å². The van der Waals surface area contributed by atoms with Gasteiger partial charge in [0.05, 0.1) is 0 Å². The zero-order chi connectivity index (χ0) is 12.7. The van der Waals surface area contributed by atoms with Gasteiger partial charge < -0.3 is 5.73 Å². The quantitative estimate of drug-likeness (QED) is 0.785. The van der Waals surface area contributed by atoms with Gasteiger partial charge in [0.1, 0.15) is 0 Å². The van der Waals surface area contributed by atoms with Crippen LogP contribution in [0.15, 0.2) is 18.5 Å². The molecule has 17 heavy (non-hydrogen) atoms. The van der Waals surface area contributed by atoms with Crippen LogP contribution in [-0.2, 0) is 4.79 Å². The first-order chi connectivity index (χ1) is 8.09. The number of hydrogen-bond acceptors (Lipinski definition) is 4. The minimum atomic E-state index is -0.0439. The summed E-state index contributed by atoms with van der Waals surface area (Å²) >= 11 is 0. The lowest BCUT2D eigenvalue weighted by Gasteiger charge is -2.11. The molecule has 5 nitrogen and oxygen atoms in total. The number of carbonyl (C=O) groups excluding carboxylic acids is 1. The number of anilines is 1. The third kappa shape index (κ3) is 5.40. The van der Waals surface area contributed by atoms with Crippen LogP contribution in [0.2, 0.25) is 0 Å². The van der Waals surface area contributed by atoms with E-state index >= 15 is 0 Å². The molecule has 0 aliphatic carbocycles. The number of amides is 1. The molecule has 2 unspecified atom stereocenters. The summed E-state index contributed by atoms with van der Waals surface area (Å²) in [6.07, 6.45) is 5.94. The largest absolute Gasteiger partial charge is 0.328 e. The maximum atomic E-state index is 11.8. The molecule has 3 N–H and O–H groups in total. The predicted octanol–water partition coefficient (Wildman–Crippen LogP) is 1.57. The lowest BCUT2D eigenvalue weighted by Crippen LogP contribution is -2.22. The Kier molecular flexibility index (Phi) is 5.56. The topological polar surface area (TPSA) is 80.9 Å². The molecule has 0 bridgehead atoms. The summed E-state index contributed by atoms with van der Waals surface area (Å²) < 4.78 is 0. The zero-order valence-corrected chi connectivity index (χ0v) is 10.4. The van der Waals surface area contributed by atoms with E-state index in [-0.39, 0.29) is 17.9 Å². The SMILES string of the molecule is CC(N)CCCC(C)C(=O)Nc1ncccn1. The fourth-order valence-corrected chi connectivity index (χ4v) is 1.47. The van der Waals surface area contributed by atoms with Crippen molar-refractivity contribution >= 4 is 11.9 Å². The third-order valence-electron chi connectivity index (χ3n) is 2.54. The Bertz CT molecular complexity index is 340. The van der Waals surface area contributed by atoms with Gasteiger partial charge in [-0.1, -0.05) is 13.3 Å². The number of carbonyl (C=O) groups is 1.